The van der Waals surface area contributed by atoms with Gasteiger partial charge in [-0.05, 0) is 155 Å². The van der Waals surface area contributed by atoms with E-state index in [2.05, 4.69) is 56.9 Å². The Morgan fingerprint density at radius 3 is 1.19 bits per heavy atom. The number of unbranched alkanes of at least 4 members (excludes halogenated alkanes) is 2. The molecule has 0 saturated heterocycles. The van der Waals surface area contributed by atoms with E-state index in [0.29, 0.717) is 113 Å². The normalized spacial score (nSPS) is 16.9. The van der Waals surface area contributed by atoms with E-state index in [0.717, 1.165) is 160 Å². The fourth-order valence-electron chi connectivity index (χ4n) is 17.1. The quantitative estimate of drug-likeness (QED) is 0.0298. The first-order chi connectivity index (χ1) is 51.9. The number of hydrogen-bond acceptors (Lipinski definition) is 9. The Morgan fingerprint density at radius 2 is 0.796 bits per heavy atom. The minimum atomic E-state index is -0.638. The first-order valence-corrected chi connectivity index (χ1v) is 39.4. The van der Waals surface area contributed by atoms with E-state index >= 15 is 9.59 Å². The molecule has 18 heteroatoms. The van der Waals surface area contributed by atoms with Crippen molar-refractivity contribution in [3.05, 3.63) is 162 Å². The van der Waals surface area contributed by atoms with Crippen molar-refractivity contribution in [2.45, 2.75) is 208 Å². The first-order valence-electron chi connectivity index (χ1n) is 39.4. The molecule has 5 amide bonds. The number of Topliss-reactive ketones (excluding diaryl/α,β-unsaturated/α-hetero) is 1. The molecule has 17 nitrogen and oxygen atoms in total. The van der Waals surface area contributed by atoms with Crippen LogP contribution in [0.4, 0.5) is 22.7 Å². The summed E-state index contributed by atoms with van der Waals surface area (Å²) >= 11 is 0. The molecule has 4 fully saturated rings. The van der Waals surface area contributed by atoms with E-state index in [4.69, 9.17) is 19.9 Å². The second-order valence-electron chi connectivity index (χ2n) is 31.9. The third-order valence-electron chi connectivity index (χ3n) is 23.9. The van der Waals surface area contributed by atoms with Gasteiger partial charge in [0.15, 0.2) is 5.78 Å². The number of aromatic nitrogens is 6. The van der Waals surface area contributed by atoms with Crippen LogP contribution in [0, 0.1) is 28.6 Å². The van der Waals surface area contributed by atoms with Crippen molar-refractivity contribution in [1.29, 1.82) is 0 Å². The molecule has 1 radical (unpaired) electrons. The Bertz CT molecular complexity index is 4950. The molecule has 4 aromatic heterocycles. The number of hydrogen-bond donors (Lipinski definition) is 5. The average Bonchev–Trinajstić information content (AvgIpc) is 1.59. The smallest absolute Gasteiger partial charge is 0.657 e. The number of para-hydroxylation sites is 4. The number of aryl methyl sites for hydroxylation is 2. The van der Waals surface area contributed by atoms with Crippen LogP contribution in [-0.2, 0) is 47.3 Å². The fraction of sp³-hybridized carbons (Fsp3) is 0.411. The molecule has 4 aromatic carbocycles. The van der Waals surface area contributed by atoms with E-state index < -0.39 is 21.7 Å². The summed E-state index contributed by atoms with van der Waals surface area (Å²) in [7, 11) is 0. The topological polar surface area (TPSA) is 234 Å². The van der Waals surface area contributed by atoms with E-state index in [-0.39, 0.29) is 82.4 Å². The van der Waals surface area contributed by atoms with Gasteiger partial charge in [0.2, 0.25) is 29.5 Å². The number of ketones is 1. The maximum atomic E-state index is 16.0. The molecule has 6 aliphatic rings. The molecule has 4 saturated carbocycles. The van der Waals surface area contributed by atoms with Crippen molar-refractivity contribution in [3.8, 4) is 44.5 Å². The van der Waals surface area contributed by atoms with Gasteiger partial charge < -0.3 is 41.1 Å². The van der Waals surface area contributed by atoms with Crippen LogP contribution >= 0.6 is 0 Å². The Labute approximate surface area is 644 Å². The van der Waals surface area contributed by atoms with Gasteiger partial charge in [-0.25, -0.2) is 15.0 Å². The summed E-state index contributed by atoms with van der Waals surface area (Å²) in [5, 5.41) is 16.8. The number of nitrogens with one attached hydrogen (secondary N) is 5. The van der Waals surface area contributed by atoms with E-state index in [1.165, 1.54) is 0 Å². The van der Waals surface area contributed by atoms with Crippen LogP contribution in [0.3, 0.4) is 0 Å². The number of imidazole rings is 1. The third kappa shape index (κ3) is 16.5. The molecule has 2 aliphatic heterocycles. The van der Waals surface area contributed by atoms with Gasteiger partial charge in [-0.3, -0.25) is 28.8 Å². The van der Waals surface area contributed by atoms with Crippen molar-refractivity contribution < 1.29 is 45.5 Å². The standard InChI is InChI=1S/C90H103N11O6.Co/c1-59-91-55-57-101(59)56-28-10-27-54-92-77(103)39-29-38-76(102)64-58-75-80(62-32-13-17-36-67(62)99-85(106)89(4)50-23-8-24-51-89)73-43-42-71(94-73)78(60-30-11-15-34-65(60)97-83(104)87(2)46-19-6-20-47-87)69-40-41-70(93-69)79(61-31-12-16-35-66(61)98-84(105)88(3)48-21-7-22-49-88)72-44-45-74(95-72)81(82(64)96-75)63-33-14-18-37-68(63)100-86(107)90(5)52-25-9-26-53-90;/h11-18,30-37,40-45,55,57-58H,6-10,19-29,38-39,46-54,56H2,1-5H3,(H7,92,93,94,95,96,97,98,99,100,102,103,104,105,106,107);/q;+2/p-2. The molecule has 5 N–H and O–H groups in total. The van der Waals surface area contributed by atoms with Gasteiger partial charge in [-0.15, -0.1) is 22.1 Å². The second kappa shape index (κ2) is 33.4. The number of carbonyl (C=O) groups is 6. The van der Waals surface area contributed by atoms with Gasteiger partial charge in [0.25, 0.3) is 0 Å². The van der Waals surface area contributed by atoms with E-state index in [1.807, 2.05) is 166 Å². The molecule has 0 unspecified atom stereocenters. The van der Waals surface area contributed by atoms with Crippen LogP contribution in [-0.4, -0.2) is 61.4 Å². The van der Waals surface area contributed by atoms with Crippen LogP contribution < -0.4 is 36.6 Å². The van der Waals surface area contributed by atoms with Gasteiger partial charge >= 0.3 is 16.8 Å². The minimum absolute atomic E-state index is 0. The molecule has 6 heterocycles. The SMILES string of the molecule is Cc1nccn1CCCCCNC(=O)CCCC(=O)c1cc2[n-]c1c(-c1ccccc1NC(=O)C1(C)CCCCC1)c1nc(c(-c3ccccc3NC(=O)C3(C)CCCCC3)c3ccc([n-]3)c(-c3ccccc3NC(=O)C3(C)CCCCC3)c3nc(c2-c2ccccc2NC(=O)C2(C)CCCCC2)C=C3)C=C1.[Co+2]. The summed E-state index contributed by atoms with van der Waals surface area (Å²) in [5.74, 6) is 0.256. The Balaban J connectivity index is 0.0000103. The average molecular weight is 1490 g/mol. The van der Waals surface area contributed by atoms with Crippen LogP contribution in [0.1, 0.15) is 234 Å². The minimum Gasteiger partial charge on any atom is -0.657 e. The van der Waals surface area contributed by atoms with E-state index in [1.54, 1.807) is 0 Å². The predicted octanol–water partition coefficient (Wildman–Crippen LogP) is 20.1. The van der Waals surface area contributed by atoms with Crippen molar-refractivity contribution in [2.24, 2.45) is 21.7 Å². The second-order valence-corrected chi connectivity index (χ2v) is 31.9. The van der Waals surface area contributed by atoms with Gasteiger partial charge in [-0.2, -0.15) is 0 Å². The largest absolute Gasteiger partial charge is 2.00 e. The van der Waals surface area contributed by atoms with Crippen molar-refractivity contribution in [3.63, 3.8) is 0 Å². The summed E-state index contributed by atoms with van der Waals surface area (Å²) in [6.07, 6.45) is 32.5. The van der Waals surface area contributed by atoms with Gasteiger partial charge in [0.05, 0.1) is 22.8 Å². The van der Waals surface area contributed by atoms with Crippen LogP contribution in [0.15, 0.2) is 128 Å². The number of amides is 5. The number of anilines is 4. The van der Waals surface area contributed by atoms with Gasteiger partial charge in [0, 0.05) is 111 Å². The Kier molecular flexibility index (Phi) is 23.6. The number of carbonyl (C=O) groups excluding carboxylic acids is 6. The zero-order valence-corrected chi connectivity index (χ0v) is 64.2. The molecule has 0 atom stereocenters. The van der Waals surface area contributed by atoms with Crippen LogP contribution in [0.5, 0.6) is 0 Å². The summed E-state index contributed by atoms with van der Waals surface area (Å²) in [6.45, 7) is 11.6. The Hall–Kier alpha value is -9.78. The summed E-state index contributed by atoms with van der Waals surface area (Å²) in [5.41, 5.74) is 8.49. The summed E-state index contributed by atoms with van der Waals surface area (Å²) < 4.78 is 2.13. The fourth-order valence-corrected chi connectivity index (χ4v) is 17.1. The first kappa shape index (κ1) is 76.4. The van der Waals surface area contributed by atoms with E-state index in [9.17, 15) is 19.2 Å². The Morgan fingerprint density at radius 1 is 0.426 bits per heavy atom. The zero-order valence-electron chi connectivity index (χ0n) is 63.2. The molecule has 108 heavy (non-hydrogen) atoms. The monoisotopic (exact) mass is 1490 g/mol. The van der Waals surface area contributed by atoms with Crippen LogP contribution in [0.25, 0.3) is 90.9 Å². The number of nitrogens with zero attached hydrogens (tertiary/aromatic N) is 6. The van der Waals surface area contributed by atoms with Gasteiger partial charge in [-0.1, -0.05) is 196 Å². The molecule has 8 bridgehead atoms. The molecule has 561 valence electrons. The third-order valence-corrected chi connectivity index (χ3v) is 23.9. The maximum absolute atomic E-state index is 16.0. The summed E-state index contributed by atoms with van der Waals surface area (Å²) in [4.78, 5) is 117. The molecule has 14 rings (SSSR count). The number of fused-ring (bicyclic) bond motifs is 8. The van der Waals surface area contributed by atoms with Crippen molar-refractivity contribution in [2.75, 3.05) is 27.8 Å². The van der Waals surface area contributed by atoms with Crippen molar-refractivity contribution in [1.82, 2.24) is 34.8 Å². The predicted molar refractivity (Wildman–Crippen MR) is 430 cm³/mol. The number of benzene rings is 4. The zero-order chi connectivity index (χ0) is 74.3. The molecule has 4 aliphatic carbocycles. The molecular formula is C90H101CoN11O6. The molecular weight excluding hydrogens is 1390 g/mol. The summed E-state index contributed by atoms with van der Waals surface area (Å²) in [6, 6.07) is 36.7. The molecule has 8 aromatic rings. The van der Waals surface area contributed by atoms with Gasteiger partial charge in [0.1, 0.15) is 5.82 Å². The number of rotatable bonds is 23. The molecule has 0 spiro atoms. The maximum Gasteiger partial charge on any atom is 2.00 e. The van der Waals surface area contributed by atoms with Crippen molar-refractivity contribution >= 4 is 104 Å². The van der Waals surface area contributed by atoms with Crippen LogP contribution in [0.2, 0.25) is 0 Å².